The van der Waals surface area contributed by atoms with Crippen molar-refractivity contribution in [2.45, 2.75) is 20.8 Å². The second-order valence-electron chi connectivity index (χ2n) is 5.75. The first-order valence-corrected chi connectivity index (χ1v) is 6.77. The number of carbonyl (C=O) groups is 1. The van der Waals surface area contributed by atoms with Crippen LogP contribution in [0.1, 0.15) is 26.3 Å². The van der Waals surface area contributed by atoms with Crippen LogP contribution in [0.5, 0.6) is 5.75 Å². The lowest BCUT2D eigenvalue weighted by Gasteiger charge is -2.15. The monoisotopic (exact) mass is 285 g/mol. The summed E-state index contributed by atoms with van der Waals surface area (Å²) in [5, 5.41) is 0. The third-order valence-electron chi connectivity index (χ3n) is 2.81. The van der Waals surface area contributed by atoms with Crippen molar-refractivity contribution in [3.05, 3.63) is 48.2 Å². The summed E-state index contributed by atoms with van der Waals surface area (Å²) in [5.41, 5.74) is 0.902. The molecule has 110 valence electrons. The third-order valence-corrected chi connectivity index (χ3v) is 2.81. The Kier molecular flexibility index (Phi) is 4.26. The SMILES string of the molecule is C=CCOc1ccc(/C=C2/N=C(C(C)(C)C)OC2=O)cc1. The van der Waals surface area contributed by atoms with Gasteiger partial charge in [-0.2, -0.15) is 0 Å². The van der Waals surface area contributed by atoms with Crippen molar-refractivity contribution in [2.24, 2.45) is 10.4 Å². The highest BCUT2D eigenvalue weighted by Gasteiger charge is 2.31. The molecule has 0 aliphatic carbocycles. The van der Waals surface area contributed by atoms with Gasteiger partial charge in [-0.25, -0.2) is 9.79 Å². The van der Waals surface area contributed by atoms with Crippen LogP contribution >= 0.6 is 0 Å². The Morgan fingerprint density at radius 3 is 2.48 bits per heavy atom. The molecule has 1 aliphatic rings. The lowest BCUT2D eigenvalue weighted by atomic mass is 9.97. The molecule has 0 radical (unpaired) electrons. The van der Waals surface area contributed by atoms with E-state index < -0.39 is 5.97 Å². The number of benzene rings is 1. The summed E-state index contributed by atoms with van der Waals surface area (Å²) in [6.07, 6.45) is 3.39. The molecule has 4 heteroatoms. The first kappa shape index (κ1) is 15.0. The molecule has 0 fully saturated rings. The average Bonchev–Trinajstić information content (AvgIpc) is 2.79. The molecule has 21 heavy (non-hydrogen) atoms. The molecule has 1 aromatic rings. The smallest absolute Gasteiger partial charge is 0.363 e. The highest BCUT2D eigenvalue weighted by atomic mass is 16.6. The summed E-state index contributed by atoms with van der Waals surface area (Å²) in [6, 6.07) is 7.40. The van der Waals surface area contributed by atoms with Crippen LogP contribution in [0.25, 0.3) is 6.08 Å². The summed E-state index contributed by atoms with van der Waals surface area (Å²) in [6.45, 7) is 9.92. The molecule has 0 unspecified atom stereocenters. The molecular weight excluding hydrogens is 266 g/mol. The minimum atomic E-state index is -0.410. The third kappa shape index (κ3) is 3.81. The number of hydrogen-bond donors (Lipinski definition) is 0. The molecule has 1 aromatic carbocycles. The molecule has 0 saturated carbocycles. The summed E-state index contributed by atoms with van der Waals surface area (Å²) >= 11 is 0. The predicted octanol–water partition coefficient (Wildman–Crippen LogP) is 3.59. The Morgan fingerprint density at radius 1 is 1.29 bits per heavy atom. The second kappa shape index (κ2) is 5.95. The van der Waals surface area contributed by atoms with Crippen molar-refractivity contribution in [3.63, 3.8) is 0 Å². The van der Waals surface area contributed by atoms with Gasteiger partial charge in [-0.05, 0) is 23.8 Å². The summed E-state index contributed by atoms with van der Waals surface area (Å²) in [7, 11) is 0. The standard InChI is InChI=1S/C17H19NO3/c1-5-10-20-13-8-6-12(7-9-13)11-14-15(19)21-16(18-14)17(2,3)4/h5-9,11H,1,10H2,2-4H3/b14-11+. The average molecular weight is 285 g/mol. The number of ether oxygens (including phenoxy) is 2. The van der Waals surface area contributed by atoms with Gasteiger partial charge in [0.2, 0.25) is 5.90 Å². The lowest BCUT2D eigenvalue weighted by Crippen LogP contribution is -2.21. The molecule has 1 aliphatic heterocycles. The van der Waals surface area contributed by atoms with E-state index in [0.717, 1.165) is 11.3 Å². The Hall–Kier alpha value is -2.36. The van der Waals surface area contributed by atoms with Gasteiger partial charge in [0.15, 0.2) is 5.70 Å². The molecule has 0 bridgehead atoms. The zero-order valence-electron chi connectivity index (χ0n) is 12.6. The molecule has 4 nitrogen and oxygen atoms in total. The largest absolute Gasteiger partial charge is 0.490 e. The van der Waals surface area contributed by atoms with Crippen molar-refractivity contribution >= 4 is 17.9 Å². The van der Waals surface area contributed by atoms with E-state index in [4.69, 9.17) is 9.47 Å². The summed E-state index contributed by atoms with van der Waals surface area (Å²) in [5.74, 6) is 0.793. The maximum absolute atomic E-state index is 11.8. The molecule has 0 spiro atoms. The van der Waals surface area contributed by atoms with Gasteiger partial charge in [-0.15, -0.1) is 0 Å². The van der Waals surface area contributed by atoms with Gasteiger partial charge in [-0.1, -0.05) is 45.6 Å². The van der Waals surface area contributed by atoms with Crippen molar-refractivity contribution in [2.75, 3.05) is 6.61 Å². The van der Waals surface area contributed by atoms with Gasteiger partial charge >= 0.3 is 5.97 Å². The second-order valence-corrected chi connectivity index (χ2v) is 5.75. The van der Waals surface area contributed by atoms with Crippen LogP contribution in [0.3, 0.4) is 0 Å². The van der Waals surface area contributed by atoms with E-state index >= 15 is 0 Å². The van der Waals surface area contributed by atoms with E-state index in [-0.39, 0.29) is 5.41 Å². The van der Waals surface area contributed by atoms with Crippen molar-refractivity contribution in [3.8, 4) is 5.75 Å². The maximum Gasteiger partial charge on any atom is 0.363 e. The van der Waals surface area contributed by atoms with Crippen LogP contribution in [0, 0.1) is 5.41 Å². The van der Waals surface area contributed by atoms with E-state index in [9.17, 15) is 4.79 Å². The first-order valence-electron chi connectivity index (χ1n) is 6.77. The van der Waals surface area contributed by atoms with E-state index in [1.54, 1.807) is 12.2 Å². The fraction of sp³-hybridized carbons (Fsp3) is 0.294. The topological polar surface area (TPSA) is 47.9 Å². The van der Waals surface area contributed by atoms with Crippen LogP contribution in [0.15, 0.2) is 47.6 Å². The van der Waals surface area contributed by atoms with E-state index in [2.05, 4.69) is 11.6 Å². The van der Waals surface area contributed by atoms with Crippen molar-refractivity contribution < 1.29 is 14.3 Å². The predicted molar refractivity (Wildman–Crippen MR) is 83.1 cm³/mol. The van der Waals surface area contributed by atoms with Gasteiger partial charge in [0.05, 0.1) is 0 Å². The number of rotatable bonds is 4. The van der Waals surface area contributed by atoms with Crippen LogP contribution in [0.2, 0.25) is 0 Å². The number of cyclic esters (lactones) is 1. The van der Waals surface area contributed by atoms with Crippen LogP contribution in [-0.2, 0) is 9.53 Å². The Bertz CT molecular complexity index is 604. The van der Waals surface area contributed by atoms with Gasteiger partial charge in [0, 0.05) is 5.41 Å². The number of nitrogens with zero attached hydrogens (tertiary/aromatic N) is 1. The molecule has 1 heterocycles. The first-order chi connectivity index (χ1) is 9.90. The lowest BCUT2D eigenvalue weighted by molar-refractivity contribution is -0.130. The molecule has 0 N–H and O–H groups in total. The molecule has 2 rings (SSSR count). The minimum Gasteiger partial charge on any atom is -0.490 e. The number of hydrogen-bond acceptors (Lipinski definition) is 4. The fourth-order valence-electron chi connectivity index (χ4n) is 1.70. The number of carbonyl (C=O) groups excluding carboxylic acids is 1. The van der Waals surface area contributed by atoms with Gasteiger partial charge in [-0.3, -0.25) is 0 Å². The quantitative estimate of drug-likeness (QED) is 0.482. The van der Waals surface area contributed by atoms with Crippen LogP contribution in [0.4, 0.5) is 0 Å². The van der Waals surface area contributed by atoms with Gasteiger partial charge in [0.1, 0.15) is 12.4 Å². The fourth-order valence-corrected chi connectivity index (χ4v) is 1.70. The zero-order chi connectivity index (χ0) is 15.5. The summed E-state index contributed by atoms with van der Waals surface area (Å²) in [4.78, 5) is 16.1. The molecule has 0 atom stereocenters. The normalized spacial score (nSPS) is 16.6. The molecule has 0 saturated heterocycles. The maximum atomic E-state index is 11.8. The van der Waals surface area contributed by atoms with E-state index in [1.807, 2.05) is 45.0 Å². The Labute approximate surface area is 124 Å². The highest BCUT2D eigenvalue weighted by molar-refractivity contribution is 6.08. The van der Waals surface area contributed by atoms with Gasteiger partial charge in [0.25, 0.3) is 0 Å². The van der Waals surface area contributed by atoms with Crippen LogP contribution < -0.4 is 4.74 Å². The Morgan fingerprint density at radius 2 is 1.95 bits per heavy atom. The van der Waals surface area contributed by atoms with Crippen molar-refractivity contribution in [1.82, 2.24) is 0 Å². The van der Waals surface area contributed by atoms with Crippen LogP contribution in [-0.4, -0.2) is 18.5 Å². The molecule has 0 aromatic heterocycles. The Balaban J connectivity index is 2.18. The minimum absolute atomic E-state index is 0.284. The van der Waals surface area contributed by atoms with Crippen molar-refractivity contribution in [1.29, 1.82) is 0 Å². The van der Waals surface area contributed by atoms with E-state index in [0.29, 0.717) is 18.2 Å². The molecular formula is C17H19NO3. The summed E-state index contributed by atoms with van der Waals surface area (Å²) < 4.78 is 10.6. The van der Waals surface area contributed by atoms with E-state index in [1.165, 1.54) is 0 Å². The zero-order valence-corrected chi connectivity index (χ0v) is 12.6. The number of esters is 1. The highest BCUT2D eigenvalue weighted by Crippen LogP contribution is 2.26. The number of aliphatic imine (C=N–C) groups is 1. The molecule has 0 amide bonds. The van der Waals surface area contributed by atoms with Gasteiger partial charge < -0.3 is 9.47 Å².